The highest BCUT2D eigenvalue weighted by Crippen LogP contribution is 2.21. The smallest absolute Gasteiger partial charge is 0.225 e. The first kappa shape index (κ1) is 25.1. The highest BCUT2D eigenvalue weighted by atomic mass is 16.5. The van der Waals surface area contributed by atoms with Crippen LogP contribution in [0.1, 0.15) is 58.8 Å². The lowest BCUT2D eigenvalue weighted by Crippen LogP contribution is -2.50. The third-order valence-electron chi connectivity index (χ3n) is 7.03. The van der Waals surface area contributed by atoms with Gasteiger partial charge in [-0.05, 0) is 50.7 Å². The Kier molecular flexibility index (Phi) is 9.58. The van der Waals surface area contributed by atoms with Gasteiger partial charge in [0.15, 0.2) is 0 Å². The van der Waals surface area contributed by atoms with Crippen LogP contribution >= 0.6 is 0 Å². The average Bonchev–Trinajstić information content (AvgIpc) is 2.86. The quantitative estimate of drug-likeness (QED) is 0.618. The number of benzene rings is 1. The van der Waals surface area contributed by atoms with E-state index in [2.05, 4.69) is 19.2 Å². The molecular formula is C26H39N3O4. The van der Waals surface area contributed by atoms with Gasteiger partial charge in [-0.3, -0.25) is 14.4 Å². The van der Waals surface area contributed by atoms with Crippen molar-refractivity contribution < 1.29 is 19.1 Å². The molecule has 0 saturated carbocycles. The van der Waals surface area contributed by atoms with Crippen molar-refractivity contribution >= 4 is 17.7 Å². The molecule has 182 valence electrons. The van der Waals surface area contributed by atoms with Gasteiger partial charge in [-0.15, -0.1) is 0 Å². The predicted molar refractivity (Wildman–Crippen MR) is 128 cm³/mol. The van der Waals surface area contributed by atoms with Crippen molar-refractivity contribution in [3.63, 3.8) is 0 Å². The van der Waals surface area contributed by atoms with Crippen LogP contribution in [0.5, 0.6) is 5.75 Å². The lowest BCUT2D eigenvalue weighted by atomic mass is 9.94. The molecule has 33 heavy (non-hydrogen) atoms. The molecule has 7 heteroatoms. The molecule has 0 aliphatic carbocycles. The highest BCUT2D eigenvalue weighted by molar-refractivity contribution is 5.81. The van der Waals surface area contributed by atoms with Crippen LogP contribution in [-0.4, -0.2) is 66.3 Å². The maximum Gasteiger partial charge on any atom is 0.225 e. The van der Waals surface area contributed by atoms with Gasteiger partial charge in [-0.25, -0.2) is 0 Å². The van der Waals surface area contributed by atoms with Crippen LogP contribution in [-0.2, 0) is 14.4 Å². The number of para-hydroxylation sites is 1. The molecule has 0 aromatic heterocycles. The minimum atomic E-state index is -0.0427. The summed E-state index contributed by atoms with van der Waals surface area (Å²) in [6.07, 6.45) is 5.14. The molecule has 0 radical (unpaired) electrons. The van der Waals surface area contributed by atoms with Gasteiger partial charge in [0.05, 0.1) is 13.0 Å². The molecular weight excluding hydrogens is 418 g/mol. The number of nitrogens with zero attached hydrogens (tertiary/aromatic N) is 2. The van der Waals surface area contributed by atoms with Crippen LogP contribution < -0.4 is 10.1 Å². The van der Waals surface area contributed by atoms with E-state index >= 15 is 0 Å². The Balaban J connectivity index is 1.33. The minimum absolute atomic E-state index is 0.0427. The zero-order valence-electron chi connectivity index (χ0n) is 20.1. The van der Waals surface area contributed by atoms with E-state index in [1.807, 2.05) is 40.1 Å². The number of nitrogens with one attached hydrogen (secondary N) is 1. The number of likely N-dealkylation sites (tertiary alicyclic amines) is 2. The van der Waals surface area contributed by atoms with E-state index in [4.69, 9.17) is 4.74 Å². The van der Waals surface area contributed by atoms with E-state index in [1.54, 1.807) is 0 Å². The molecule has 1 aromatic carbocycles. The Morgan fingerprint density at radius 1 is 0.939 bits per heavy atom. The summed E-state index contributed by atoms with van der Waals surface area (Å²) in [5, 5.41) is 3.20. The first-order chi connectivity index (χ1) is 16.0. The van der Waals surface area contributed by atoms with Crippen molar-refractivity contribution in [2.45, 2.75) is 64.8 Å². The van der Waals surface area contributed by atoms with Gasteiger partial charge in [-0.1, -0.05) is 32.0 Å². The molecule has 1 N–H and O–H groups in total. The van der Waals surface area contributed by atoms with E-state index in [9.17, 15) is 14.4 Å². The lowest BCUT2D eigenvalue weighted by molar-refractivity contribution is -0.138. The summed E-state index contributed by atoms with van der Waals surface area (Å²) in [6.45, 7) is 7.17. The molecule has 0 atom stereocenters. The van der Waals surface area contributed by atoms with Crippen molar-refractivity contribution in [2.24, 2.45) is 11.8 Å². The van der Waals surface area contributed by atoms with Gasteiger partial charge in [0.1, 0.15) is 5.75 Å². The summed E-state index contributed by atoms with van der Waals surface area (Å²) in [5.74, 6) is 1.29. The van der Waals surface area contributed by atoms with Crippen molar-refractivity contribution in [3.05, 3.63) is 30.3 Å². The first-order valence-corrected chi connectivity index (χ1v) is 12.6. The maximum atomic E-state index is 12.8. The third kappa shape index (κ3) is 7.21. The van der Waals surface area contributed by atoms with Crippen molar-refractivity contribution in [1.29, 1.82) is 0 Å². The third-order valence-corrected chi connectivity index (χ3v) is 7.03. The Hall–Kier alpha value is -2.57. The number of ether oxygens (including phenoxy) is 1. The van der Waals surface area contributed by atoms with E-state index < -0.39 is 0 Å². The zero-order valence-corrected chi connectivity index (χ0v) is 20.1. The molecule has 2 aliphatic heterocycles. The number of carbonyl (C=O) groups excluding carboxylic acids is 3. The molecule has 1 aromatic rings. The Bertz CT molecular complexity index is 765. The second kappa shape index (κ2) is 12.6. The summed E-state index contributed by atoms with van der Waals surface area (Å²) < 4.78 is 5.62. The fourth-order valence-electron chi connectivity index (χ4n) is 4.78. The molecule has 3 amide bonds. The first-order valence-electron chi connectivity index (χ1n) is 12.6. The molecule has 2 fully saturated rings. The summed E-state index contributed by atoms with van der Waals surface area (Å²) in [4.78, 5) is 41.6. The lowest BCUT2D eigenvalue weighted by Gasteiger charge is -2.36. The Morgan fingerprint density at radius 3 is 2.15 bits per heavy atom. The van der Waals surface area contributed by atoms with Crippen LogP contribution in [0.3, 0.4) is 0 Å². The average molecular weight is 458 g/mol. The number of hydrogen-bond acceptors (Lipinski definition) is 4. The largest absolute Gasteiger partial charge is 0.493 e. The number of amides is 3. The molecule has 3 rings (SSSR count). The van der Waals surface area contributed by atoms with Crippen LogP contribution in [0, 0.1) is 11.8 Å². The zero-order chi connectivity index (χ0) is 23.6. The molecule has 0 spiro atoms. The van der Waals surface area contributed by atoms with Gasteiger partial charge in [0, 0.05) is 44.1 Å². The van der Waals surface area contributed by atoms with E-state index in [1.165, 1.54) is 0 Å². The van der Waals surface area contributed by atoms with Crippen molar-refractivity contribution in [1.82, 2.24) is 15.1 Å². The van der Waals surface area contributed by atoms with E-state index in [0.717, 1.165) is 44.5 Å². The summed E-state index contributed by atoms with van der Waals surface area (Å²) in [6, 6.07) is 9.64. The molecule has 2 saturated heterocycles. The van der Waals surface area contributed by atoms with E-state index in [0.29, 0.717) is 39.0 Å². The Labute approximate surface area is 197 Å². The Morgan fingerprint density at radius 2 is 1.55 bits per heavy atom. The summed E-state index contributed by atoms with van der Waals surface area (Å²) >= 11 is 0. The molecule has 7 nitrogen and oxygen atoms in total. The monoisotopic (exact) mass is 457 g/mol. The SMILES string of the molecule is CCC(CC)C(=O)N1CCC(NC(=O)C2CCN(C(=O)CCOc3ccccc3)CC2)CC1. The normalized spacial score (nSPS) is 17.8. The van der Waals surface area contributed by atoms with E-state index in [-0.39, 0.29) is 35.6 Å². The molecule has 2 heterocycles. The topological polar surface area (TPSA) is 79.0 Å². The molecule has 0 bridgehead atoms. The summed E-state index contributed by atoms with van der Waals surface area (Å²) in [5.41, 5.74) is 0. The molecule has 0 unspecified atom stereocenters. The standard InChI is InChI=1S/C26H39N3O4/c1-3-20(4-2)26(32)29-17-12-22(13-18-29)27-25(31)21-10-15-28(16-11-21)24(30)14-19-33-23-8-6-5-7-9-23/h5-9,20-22H,3-4,10-19H2,1-2H3,(H,27,31). The predicted octanol–water partition coefficient (Wildman–Crippen LogP) is 3.24. The van der Waals surface area contributed by atoms with Gasteiger partial charge in [0.2, 0.25) is 17.7 Å². The maximum absolute atomic E-state index is 12.8. The van der Waals surface area contributed by atoms with Gasteiger partial charge in [-0.2, -0.15) is 0 Å². The highest BCUT2D eigenvalue weighted by Gasteiger charge is 2.31. The second-order valence-corrected chi connectivity index (χ2v) is 9.19. The van der Waals surface area contributed by atoms with Crippen LogP contribution in [0.4, 0.5) is 0 Å². The number of rotatable bonds is 9. The molecule has 2 aliphatic rings. The van der Waals surface area contributed by atoms with Crippen LogP contribution in [0.25, 0.3) is 0 Å². The van der Waals surface area contributed by atoms with Crippen molar-refractivity contribution in [2.75, 3.05) is 32.8 Å². The minimum Gasteiger partial charge on any atom is -0.493 e. The van der Waals surface area contributed by atoms with Crippen LogP contribution in [0.15, 0.2) is 30.3 Å². The van der Waals surface area contributed by atoms with Gasteiger partial charge in [0.25, 0.3) is 0 Å². The van der Waals surface area contributed by atoms with Crippen LogP contribution in [0.2, 0.25) is 0 Å². The fraction of sp³-hybridized carbons (Fsp3) is 0.654. The van der Waals surface area contributed by atoms with Gasteiger partial charge >= 0.3 is 0 Å². The number of carbonyl (C=O) groups is 3. The van der Waals surface area contributed by atoms with Crippen molar-refractivity contribution in [3.8, 4) is 5.75 Å². The second-order valence-electron chi connectivity index (χ2n) is 9.19. The summed E-state index contributed by atoms with van der Waals surface area (Å²) in [7, 11) is 0. The van der Waals surface area contributed by atoms with Gasteiger partial charge < -0.3 is 19.9 Å². The number of piperidine rings is 2. The fourth-order valence-corrected chi connectivity index (χ4v) is 4.78. The number of hydrogen-bond donors (Lipinski definition) is 1.